The van der Waals surface area contributed by atoms with Crippen LogP contribution >= 0.6 is 0 Å². The summed E-state index contributed by atoms with van der Waals surface area (Å²) in [6.07, 6.45) is 2.72. The zero-order valence-corrected chi connectivity index (χ0v) is 8.68. The molecule has 2 aromatic rings. The molecule has 0 radical (unpaired) electrons. The van der Waals surface area contributed by atoms with Crippen LogP contribution < -0.4 is 5.73 Å². The number of aryl methyl sites for hydroxylation is 1. The number of hydrogen-bond donors (Lipinski definition) is 1. The van der Waals surface area contributed by atoms with Gasteiger partial charge < -0.3 is 14.8 Å². The number of aromatic nitrogens is 3. The Morgan fingerprint density at radius 1 is 1.53 bits per heavy atom. The van der Waals surface area contributed by atoms with Crippen molar-refractivity contribution in [2.45, 2.75) is 19.9 Å². The molecule has 0 fully saturated rings. The van der Waals surface area contributed by atoms with Gasteiger partial charge in [-0.05, 0) is 12.1 Å². The maximum Gasteiger partial charge on any atom is 0.226 e. The molecule has 15 heavy (non-hydrogen) atoms. The molecule has 2 N–H and O–H groups in total. The molecule has 2 rings (SSSR count). The Balaban J connectivity index is 2.31. The predicted molar refractivity (Wildman–Crippen MR) is 56.2 cm³/mol. The van der Waals surface area contributed by atoms with Gasteiger partial charge in [0.05, 0.1) is 5.69 Å². The molecule has 0 bridgehead atoms. The van der Waals surface area contributed by atoms with Gasteiger partial charge in [0.25, 0.3) is 0 Å². The molecule has 5 heteroatoms. The molecule has 0 aliphatic heterocycles. The number of rotatable bonds is 4. The molecular formula is C10H14N4O. The van der Waals surface area contributed by atoms with Crippen LogP contribution in [0, 0.1) is 0 Å². The molecule has 2 aromatic heterocycles. The fourth-order valence-corrected chi connectivity index (χ4v) is 1.45. The molecule has 0 aliphatic carbocycles. The summed E-state index contributed by atoms with van der Waals surface area (Å²) in [4.78, 5) is 4.27. The molecule has 0 aromatic carbocycles. The average molecular weight is 206 g/mol. The Hall–Kier alpha value is -1.62. The minimum Gasteiger partial charge on any atom is -0.344 e. The molecule has 2 heterocycles. The summed E-state index contributed by atoms with van der Waals surface area (Å²) in [7, 11) is 0. The summed E-state index contributed by atoms with van der Waals surface area (Å²) < 4.78 is 7.08. The van der Waals surface area contributed by atoms with Gasteiger partial charge in [0.1, 0.15) is 0 Å². The van der Waals surface area contributed by atoms with Crippen molar-refractivity contribution in [3.63, 3.8) is 0 Å². The van der Waals surface area contributed by atoms with E-state index in [0.717, 1.165) is 18.7 Å². The molecule has 0 spiro atoms. The summed E-state index contributed by atoms with van der Waals surface area (Å²) in [6, 6.07) is 3.91. The highest BCUT2D eigenvalue weighted by Crippen LogP contribution is 2.16. The van der Waals surface area contributed by atoms with E-state index in [-0.39, 0.29) is 0 Å². The lowest BCUT2D eigenvalue weighted by Crippen LogP contribution is -2.10. The molecule has 0 aliphatic rings. The Bertz CT molecular complexity index is 432. The van der Waals surface area contributed by atoms with Gasteiger partial charge in [-0.15, -0.1) is 0 Å². The van der Waals surface area contributed by atoms with Crippen LogP contribution in [0.2, 0.25) is 0 Å². The molecule has 5 nitrogen and oxygen atoms in total. The third-order valence-corrected chi connectivity index (χ3v) is 2.20. The van der Waals surface area contributed by atoms with Gasteiger partial charge in [-0.3, -0.25) is 0 Å². The number of nitrogens with two attached hydrogens (primary N) is 1. The van der Waals surface area contributed by atoms with Gasteiger partial charge in [0.15, 0.2) is 0 Å². The van der Waals surface area contributed by atoms with Gasteiger partial charge >= 0.3 is 0 Å². The maximum atomic E-state index is 5.51. The van der Waals surface area contributed by atoms with Crippen LogP contribution in [-0.2, 0) is 13.0 Å². The van der Waals surface area contributed by atoms with Crippen LogP contribution in [-0.4, -0.2) is 21.3 Å². The monoisotopic (exact) mass is 206 g/mol. The zero-order valence-electron chi connectivity index (χ0n) is 8.68. The topological polar surface area (TPSA) is 69.9 Å². The van der Waals surface area contributed by atoms with Crippen molar-refractivity contribution in [3.05, 3.63) is 24.2 Å². The van der Waals surface area contributed by atoms with E-state index in [9.17, 15) is 0 Å². The third-order valence-electron chi connectivity index (χ3n) is 2.20. The molecule has 0 saturated carbocycles. The fraction of sp³-hybridized carbons (Fsp3) is 0.400. The third kappa shape index (κ3) is 1.92. The van der Waals surface area contributed by atoms with Crippen LogP contribution in [0.3, 0.4) is 0 Å². The van der Waals surface area contributed by atoms with Crippen LogP contribution in [0.25, 0.3) is 11.5 Å². The minimum absolute atomic E-state index is 0.597. The molecule has 0 saturated heterocycles. The predicted octanol–water partition coefficient (Wildman–Crippen LogP) is 1.06. The van der Waals surface area contributed by atoms with Gasteiger partial charge in [0, 0.05) is 25.7 Å². The van der Waals surface area contributed by atoms with E-state index in [1.54, 1.807) is 0 Å². The van der Waals surface area contributed by atoms with Crippen molar-refractivity contribution < 1.29 is 4.52 Å². The first-order valence-corrected chi connectivity index (χ1v) is 5.03. The van der Waals surface area contributed by atoms with Crippen molar-refractivity contribution in [3.8, 4) is 11.5 Å². The smallest absolute Gasteiger partial charge is 0.226 e. The first-order valence-electron chi connectivity index (χ1n) is 5.03. The lowest BCUT2D eigenvalue weighted by atomic mass is 10.4. The van der Waals surface area contributed by atoms with Gasteiger partial charge in [-0.2, -0.15) is 4.98 Å². The van der Waals surface area contributed by atoms with Crippen LogP contribution in [0.5, 0.6) is 0 Å². The van der Waals surface area contributed by atoms with E-state index >= 15 is 0 Å². The minimum atomic E-state index is 0.597. The van der Waals surface area contributed by atoms with Crippen molar-refractivity contribution >= 4 is 0 Å². The Morgan fingerprint density at radius 2 is 2.40 bits per heavy atom. The second-order valence-electron chi connectivity index (χ2n) is 3.24. The highest BCUT2D eigenvalue weighted by molar-refractivity contribution is 5.49. The Labute approximate surface area is 87.9 Å². The zero-order chi connectivity index (χ0) is 10.7. The SMILES string of the molecule is CCc1nc(-c2cccn2CCN)no1. The molecular weight excluding hydrogens is 192 g/mol. The highest BCUT2D eigenvalue weighted by Gasteiger charge is 2.10. The number of nitrogens with zero attached hydrogens (tertiary/aromatic N) is 3. The molecule has 0 unspecified atom stereocenters. The van der Waals surface area contributed by atoms with E-state index < -0.39 is 0 Å². The maximum absolute atomic E-state index is 5.51. The summed E-state index contributed by atoms with van der Waals surface area (Å²) in [5.74, 6) is 1.29. The largest absolute Gasteiger partial charge is 0.344 e. The second-order valence-corrected chi connectivity index (χ2v) is 3.24. The van der Waals surface area contributed by atoms with Crippen molar-refractivity contribution in [2.75, 3.05) is 6.54 Å². The van der Waals surface area contributed by atoms with E-state index in [4.69, 9.17) is 10.3 Å². The molecule has 0 amide bonds. The quantitative estimate of drug-likeness (QED) is 0.812. The van der Waals surface area contributed by atoms with Crippen molar-refractivity contribution in [2.24, 2.45) is 5.73 Å². The van der Waals surface area contributed by atoms with E-state index in [1.807, 2.05) is 29.8 Å². The fourth-order valence-electron chi connectivity index (χ4n) is 1.45. The highest BCUT2D eigenvalue weighted by atomic mass is 16.5. The normalized spacial score (nSPS) is 10.8. The number of hydrogen-bond acceptors (Lipinski definition) is 4. The first-order chi connectivity index (χ1) is 7.35. The lowest BCUT2D eigenvalue weighted by molar-refractivity contribution is 0.382. The van der Waals surface area contributed by atoms with E-state index in [0.29, 0.717) is 18.3 Å². The summed E-state index contributed by atoms with van der Waals surface area (Å²) in [6.45, 7) is 3.34. The van der Waals surface area contributed by atoms with Crippen molar-refractivity contribution in [1.29, 1.82) is 0 Å². The van der Waals surface area contributed by atoms with E-state index in [1.165, 1.54) is 0 Å². The summed E-state index contributed by atoms with van der Waals surface area (Å²) in [5, 5.41) is 3.92. The first kappa shape index (κ1) is 9.92. The lowest BCUT2D eigenvalue weighted by Gasteiger charge is -2.02. The molecule has 0 atom stereocenters. The van der Waals surface area contributed by atoms with Crippen molar-refractivity contribution in [1.82, 2.24) is 14.7 Å². The average Bonchev–Trinajstić information content (AvgIpc) is 2.85. The Kier molecular flexibility index (Phi) is 2.82. The molecule has 80 valence electrons. The summed E-state index contributed by atoms with van der Waals surface area (Å²) >= 11 is 0. The second kappa shape index (κ2) is 4.27. The van der Waals surface area contributed by atoms with Gasteiger partial charge in [0.2, 0.25) is 11.7 Å². The standard InChI is InChI=1S/C10H14N4O/c1-2-9-12-10(13-15-9)8-4-3-6-14(8)7-5-11/h3-4,6H,2,5,7,11H2,1H3. The van der Waals surface area contributed by atoms with E-state index in [2.05, 4.69) is 10.1 Å². The van der Waals surface area contributed by atoms with Crippen LogP contribution in [0.15, 0.2) is 22.9 Å². The Morgan fingerprint density at radius 3 is 3.07 bits per heavy atom. The summed E-state index contributed by atoms with van der Waals surface area (Å²) in [5.41, 5.74) is 6.46. The van der Waals surface area contributed by atoms with Crippen LogP contribution in [0.4, 0.5) is 0 Å². The van der Waals surface area contributed by atoms with Gasteiger partial charge in [-0.1, -0.05) is 12.1 Å². The van der Waals surface area contributed by atoms with Crippen LogP contribution in [0.1, 0.15) is 12.8 Å². The van der Waals surface area contributed by atoms with Gasteiger partial charge in [-0.25, -0.2) is 0 Å².